The molecule has 1 fully saturated rings. The number of piperidine rings is 1. The van der Waals surface area contributed by atoms with E-state index in [1.54, 1.807) is 22.7 Å². The molecule has 0 bridgehead atoms. The first-order valence-electron chi connectivity index (χ1n) is 10.4. The first-order chi connectivity index (χ1) is 15.3. The number of aromatic nitrogens is 2. The molecule has 0 aliphatic carbocycles. The average molecular weight is 481 g/mol. The van der Waals surface area contributed by atoms with Gasteiger partial charge in [0.05, 0.1) is 21.1 Å². The van der Waals surface area contributed by atoms with Gasteiger partial charge in [-0.1, -0.05) is 0 Å². The maximum Gasteiger partial charge on any atom is 0.417 e. The smallest absolute Gasteiger partial charge is 0.357 e. The van der Waals surface area contributed by atoms with Gasteiger partial charge in [-0.3, -0.25) is 4.79 Å². The van der Waals surface area contributed by atoms with Gasteiger partial charge in [-0.05, 0) is 50.5 Å². The van der Waals surface area contributed by atoms with Crippen molar-refractivity contribution < 1.29 is 18.0 Å². The number of carbonyl (C=O) groups is 1. The number of amides is 1. The molecule has 1 amide bonds. The molecule has 0 spiro atoms. The summed E-state index contributed by atoms with van der Waals surface area (Å²) in [4.78, 5) is 25.3. The van der Waals surface area contributed by atoms with Crippen LogP contribution in [0.1, 0.15) is 28.3 Å². The SMILES string of the molecule is Cc1nc(-c2ccc(CCNC(=O)C3CCN(c4ccc(C(F)(F)F)cn4)CC3)s2)cs1. The fraction of sp³-hybridized carbons (Fsp3) is 0.409. The lowest BCUT2D eigenvalue weighted by Gasteiger charge is -2.32. The standard InChI is InChI=1S/C22H23F3N4OS2/c1-14-28-18(13-31-14)19-4-3-17(32-19)6-9-26-21(30)15-7-10-29(11-8-15)20-5-2-16(12-27-20)22(23,24)25/h2-5,12-13,15H,6-11H2,1H3,(H,26,30). The fourth-order valence-electron chi connectivity index (χ4n) is 3.69. The van der Waals surface area contributed by atoms with Crippen LogP contribution < -0.4 is 10.2 Å². The van der Waals surface area contributed by atoms with Crippen molar-refractivity contribution >= 4 is 34.4 Å². The van der Waals surface area contributed by atoms with Crippen molar-refractivity contribution in [3.8, 4) is 10.6 Å². The number of pyridine rings is 1. The predicted molar refractivity (Wildman–Crippen MR) is 121 cm³/mol. The number of rotatable bonds is 6. The number of aryl methyl sites for hydroxylation is 1. The van der Waals surface area contributed by atoms with Gasteiger partial charge in [-0.2, -0.15) is 13.2 Å². The Hall–Kier alpha value is -2.46. The van der Waals surface area contributed by atoms with Crippen LogP contribution in [0.4, 0.5) is 19.0 Å². The number of thiophene rings is 1. The zero-order valence-corrected chi connectivity index (χ0v) is 19.1. The summed E-state index contributed by atoms with van der Waals surface area (Å²) < 4.78 is 38.1. The molecule has 0 saturated carbocycles. The minimum absolute atomic E-state index is 0.0388. The van der Waals surface area contributed by atoms with Gasteiger partial charge < -0.3 is 10.2 Å². The van der Waals surface area contributed by atoms with E-state index in [0.717, 1.165) is 34.3 Å². The van der Waals surface area contributed by atoms with Gasteiger partial charge in [0.2, 0.25) is 5.91 Å². The molecule has 5 nitrogen and oxygen atoms in total. The molecular formula is C22H23F3N4OS2. The molecule has 0 radical (unpaired) electrons. The van der Waals surface area contributed by atoms with Gasteiger partial charge in [-0.15, -0.1) is 22.7 Å². The van der Waals surface area contributed by atoms with Gasteiger partial charge in [0, 0.05) is 42.0 Å². The van der Waals surface area contributed by atoms with E-state index in [9.17, 15) is 18.0 Å². The Balaban J connectivity index is 1.21. The Bertz CT molecular complexity index is 1050. The van der Waals surface area contributed by atoms with Crippen LogP contribution in [0, 0.1) is 12.8 Å². The van der Waals surface area contributed by atoms with Crippen LogP contribution in [0.15, 0.2) is 35.8 Å². The number of hydrogen-bond donors (Lipinski definition) is 1. The number of nitrogens with zero attached hydrogens (tertiary/aromatic N) is 3. The molecule has 3 aromatic heterocycles. The first-order valence-corrected chi connectivity index (χ1v) is 12.1. The summed E-state index contributed by atoms with van der Waals surface area (Å²) in [6, 6.07) is 6.59. The minimum atomic E-state index is -4.39. The largest absolute Gasteiger partial charge is 0.417 e. The zero-order chi connectivity index (χ0) is 22.7. The normalized spacial score (nSPS) is 15.2. The van der Waals surface area contributed by atoms with E-state index in [4.69, 9.17) is 0 Å². The second kappa shape index (κ2) is 9.58. The van der Waals surface area contributed by atoms with Crippen molar-refractivity contribution in [1.82, 2.24) is 15.3 Å². The lowest BCUT2D eigenvalue weighted by molar-refractivity contribution is -0.137. The van der Waals surface area contributed by atoms with Crippen LogP contribution in [0.3, 0.4) is 0 Å². The van der Waals surface area contributed by atoms with Gasteiger partial charge in [-0.25, -0.2) is 9.97 Å². The van der Waals surface area contributed by atoms with Crippen molar-refractivity contribution in [2.24, 2.45) is 5.92 Å². The molecule has 0 atom stereocenters. The average Bonchev–Trinajstić information content (AvgIpc) is 3.42. The highest BCUT2D eigenvalue weighted by Crippen LogP contribution is 2.31. The Kier molecular flexibility index (Phi) is 6.80. The molecule has 0 unspecified atom stereocenters. The van der Waals surface area contributed by atoms with Crippen molar-refractivity contribution in [2.45, 2.75) is 32.4 Å². The second-order valence-electron chi connectivity index (χ2n) is 7.72. The Labute approximate surface area is 192 Å². The summed E-state index contributed by atoms with van der Waals surface area (Å²) in [5, 5.41) is 6.13. The Morgan fingerprint density at radius 1 is 1.22 bits per heavy atom. The highest BCUT2D eigenvalue weighted by molar-refractivity contribution is 7.16. The lowest BCUT2D eigenvalue weighted by atomic mass is 9.96. The van der Waals surface area contributed by atoms with Crippen LogP contribution in [0.25, 0.3) is 10.6 Å². The molecule has 170 valence electrons. The fourth-order valence-corrected chi connectivity index (χ4v) is 5.35. The quantitative estimate of drug-likeness (QED) is 0.529. The molecule has 1 aliphatic rings. The third kappa shape index (κ3) is 5.47. The van der Waals surface area contributed by atoms with Crippen LogP contribution in [0.2, 0.25) is 0 Å². The van der Waals surface area contributed by atoms with Crippen molar-refractivity contribution in [3.63, 3.8) is 0 Å². The lowest BCUT2D eigenvalue weighted by Crippen LogP contribution is -2.41. The van der Waals surface area contributed by atoms with E-state index in [0.29, 0.717) is 38.3 Å². The third-order valence-electron chi connectivity index (χ3n) is 5.47. The molecule has 4 rings (SSSR count). The van der Waals surface area contributed by atoms with E-state index in [1.165, 1.54) is 10.9 Å². The van der Waals surface area contributed by atoms with E-state index < -0.39 is 11.7 Å². The molecule has 0 aromatic carbocycles. The molecule has 1 N–H and O–H groups in total. The molecule has 4 heterocycles. The summed E-state index contributed by atoms with van der Waals surface area (Å²) in [6.45, 7) is 3.76. The molecule has 32 heavy (non-hydrogen) atoms. The number of nitrogens with one attached hydrogen (secondary N) is 1. The van der Waals surface area contributed by atoms with Gasteiger partial charge in [0.15, 0.2) is 0 Å². The highest BCUT2D eigenvalue weighted by Gasteiger charge is 2.31. The molecule has 1 aliphatic heterocycles. The maximum atomic E-state index is 12.7. The summed E-state index contributed by atoms with van der Waals surface area (Å²) in [5.74, 6) is 0.468. The van der Waals surface area contributed by atoms with Crippen molar-refractivity contribution in [1.29, 1.82) is 0 Å². The van der Waals surface area contributed by atoms with Crippen LogP contribution >= 0.6 is 22.7 Å². The predicted octanol–water partition coefficient (Wildman–Crippen LogP) is 5.17. The Morgan fingerprint density at radius 3 is 2.62 bits per heavy atom. The summed E-state index contributed by atoms with van der Waals surface area (Å²) in [6.07, 6.45) is -1.45. The number of halogens is 3. The molecular weight excluding hydrogens is 457 g/mol. The number of anilines is 1. The summed E-state index contributed by atoms with van der Waals surface area (Å²) in [5.41, 5.74) is 0.247. The van der Waals surface area contributed by atoms with Crippen LogP contribution in [-0.4, -0.2) is 35.5 Å². The van der Waals surface area contributed by atoms with Crippen LogP contribution in [-0.2, 0) is 17.4 Å². The molecule has 10 heteroatoms. The molecule has 3 aromatic rings. The van der Waals surface area contributed by atoms with E-state index in [-0.39, 0.29) is 11.8 Å². The highest BCUT2D eigenvalue weighted by atomic mass is 32.1. The number of thiazole rings is 1. The van der Waals surface area contributed by atoms with Gasteiger partial charge in [0.1, 0.15) is 5.82 Å². The minimum Gasteiger partial charge on any atom is -0.357 e. The van der Waals surface area contributed by atoms with E-state index in [2.05, 4.69) is 32.8 Å². The summed E-state index contributed by atoms with van der Waals surface area (Å²) in [7, 11) is 0. The Morgan fingerprint density at radius 2 is 2.00 bits per heavy atom. The van der Waals surface area contributed by atoms with Gasteiger partial charge >= 0.3 is 6.18 Å². The number of carbonyl (C=O) groups excluding carboxylic acids is 1. The number of hydrogen-bond acceptors (Lipinski definition) is 6. The second-order valence-corrected chi connectivity index (χ2v) is 9.95. The van der Waals surface area contributed by atoms with E-state index >= 15 is 0 Å². The van der Waals surface area contributed by atoms with Crippen LogP contribution in [0.5, 0.6) is 0 Å². The van der Waals surface area contributed by atoms with Crippen molar-refractivity contribution in [2.75, 3.05) is 24.5 Å². The van der Waals surface area contributed by atoms with Crippen molar-refractivity contribution in [3.05, 3.63) is 51.3 Å². The zero-order valence-electron chi connectivity index (χ0n) is 17.5. The summed E-state index contributed by atoms with van der Waals surface area (Å²) >= 11 is 3.33. The van der Waals surface area contributed by atoms with Gasteiger partial charge in [0.25, 0.3) is 0 Å². The molecule has 1 saturated heterocycles. The topological polar surface area (TPSA) is 58.1 Å². The first kappa shape index (κ1) is 22.7. The van der Waals surface area contributed by atoms with E-state index in [1.807, 2.05) is 11.8 Å². The monoisotopic (exact) mass is 480 g/mol. The third-order valence-corrected chi connectivity index (χ3v) is 7.41. The number of alkyl halides is 3. The maximum absolute atomic E-state index is 12.7.